The van der Waals surface area contributed by atoms with Crippen molar-refractivity contribution in [3.63, 3.8) is 0 Å². The molecule has 0 saturated heterocycles. The Morgan fingerprint density at radius 2 is 1.82 bits per heavy atom. The molecule has 2 aromatic carbocycles. The van der Waals surface area contributed by atoms with Gasteiger partial charge >= 0.3 is 0 Å². The second kappa shape index (κ2) is 13.4. The smallest absolute Gasteiger partial charge is 0.247 e. The number of hydrogen-bond acceptors (Lipinski definition) is 8. The number of anilines is 2. The molecule has 4 rings (SSSR count). The number of carbonyl (C=O) groups excluding carboxylic acids is 1. The SMILES string of the molecule is CCOc1cc(C(Nc2ccc3c(N)nccc3c2)C(=O)NCc2ncccc2SC(C)C)ccc1OC(C)C. The molecular weight excluding hydrogens is 522 g/mol. The molecule has 0 radical (unpaired) electrons. The van der Waals surface area contributed by atoms with Crippen LogP contribution < -0.4 is 25.8 Å². The van der Waals surface area contributed by atoms with E-state index in [-0.39, 0.29) is 12.0 Å². The summed E-state index contributed by atoms with van der Waals surface area (Å²) in [4.78, 5) is 23.5. The number of nitrogen functional groups attached to an aromatic ring is 1. The number of ether oxygens (including phenoxy) is 2. The van der Waals surface area contributed by atoms with Crippen LogP contribution in [0.2, 0.25) is 0 Å². The molecule has 210 valence electrons. The number of aromatic nitrogens is 2. The van der Waals surface area contributed by atoms with Crippen LogP contribution in [0.5, 0.6) is 11.5 Å². The fourth-order valence-electron chi connectivity index (χ4n) is 4.27. The summed E-state index contributed by atoms with van der Waals surface area (Å²) < 4.78 is 11.8. The molecule has 9 heteroatoms. The molecule has 40 heavy (non-hydrogen) atoms. The molecule has 0 aliphatic carbocycles. The molecule has 0 aliphatic heterocycles. The highest BCUT2D eigenvalue weighted by Crippen LogP contribution is 2.34. The zero-order chi connectivity index (χ0) is 28.6. The first kappa shape index (κ1) is 29.0. The number of amides is 1. The molecule has 1 unspecified atom stereocenters. The Balaban J connectivity index is 1.66. The molecule has 1 atom stereocenters. The molecule has 8 nitrogen and oxygen atoms in total. The number of fused-ring (bicyclic) bond motifs is 1. The summed E-state index contributed by atoms with van der Waals surface area (Å²) in [5.41, 5.74) is 8.39. The van der Waals surface area contributed by atoms with Crippen LogP contribution in [0.25, 0.3) is 10.8 Å². The highest BCUT2D eigenvalue weighted by atomic mass is 32.2. The van der Waals surface area contributed by atoms with Crippen molar-refractivity contribution in [3.05, 3.63) is 78.2 Å². The van der Waals surface area contributed by atoms with Crippen LogP contribution in [-0.4, -0.2) is 33.8 Å². The van der Waals surface area contributed by atoms with E-state index >= 15 is 0 Å². The summed E-state index contributed by atoms with van der Waals surface area (Å²) in [7, 11) is 0. The van der Waals surface area contributed by atoms with E-state index in [0.717, 1.165) is 32.6 Å². The zero-order valence-corrected chi connectivity index (χ0v) is 24.4. The molecular formula is C31H37N5O3S. The van der Waals surface area contributed by atoms with Gasteiger partial charge < -0.3 is 25.8 Å². The average Bonchev–Trinajstić information content (AvgIpc) is 2.92. The van der Waals surface area contributed by atoms with Gasteiger partial charge in [0.1, 0.15) is 11.9 Å². The number of thioether (sulfide) groups is 1. The third-order valence-electron chi connectivity index (χ3n) is 5.97. The van der Waals surface area contributed by atoms with Gasteiger partial charge in [0.15, 0.2) is 11.5 Å². The van der Waals surface area contributed by atoms with E-state index in [2.05, 4.69) is 34.4 Å². The number of rotatable bonds is 12. The minimum atomic E-state index is -0.714. The van der Waals surface area contributed by atoms with Gasteiger partial charge in [-0.1, -0.05) is 19.9 Å². The van der Waals surface area contributed by atoms with E-state index < -0.39 is 6.04 Å². The lowest BCUT2D eigenvalue weighted by Gasteiger charge is -2.22. The quantitative estimate of drug-likeness (QED) is 0.172. The first-order valence-corrected chi connectivity index (χ1v) is 14.4. The number of hydrogen-bond donors (Lipinski definition) is 3. The fraction of sp³-hybridized carbons (Fsp3) is 0.323. The second-order valence-electron chi connectivity index (χ2n) is 9.85. The predicted octanol–water partition coefficient (Wildman–Crippen LogP) is 6.37. The predicted molar refractivity (Wildman–Crippen MR) is 163 cm³/mol. The van der Waals surface area contributed by atoms with E-state index in [9.17, 15) is 4.79 Å². The van der Waals surface area contributed by atoms with Crippen molar-refractivity contribution < 1.29 is 14.3 Å². The molecule has 0 bridgehead atoms. The Labute approximate surface area is 240 Å². The number of benzene rings is 2. The number of nitrogens with two attached hydrogens (primary N) is 1. The Morgan fingerprint density at radius 1 is 1.00 bits per heavy atom. The van der Waals surface area contributed by atoms with Crippen molar-refractivity contribution in [3.8, 4) is 11.5 Å². The van der Waals surface area contributed by atoms with Crippen molar-refractivity contribution in [1.82, 2.24) is 15.3 Å². The Morgan fingerprint density at radius 3 is 2.58 bits per heavy atom. The monoisotopic (exact) mass is 559 g/mol. The first-order chi connectivity index (χ1) is 19.2. The van der Waals surface area contributed by atoms with E-state index in [1.165, 1.54) is 0 Å². The molecule has 0 saturated carbocycles. The van der Waals surface area contributed by atoms with Crippen molar-refractivity contribution in [2.45, 2.75) is 63.5 Å². The summed E-state index contributed by atoms with van der Waals surface area (Å²) in [6.45, 7) is 10.9. The van der Waals surface area contributed by atoms with E-state index in [4.69, 9.17) is 15.2 Å². The van der Waals surface area contributed by atoms with Crippen LogP contribution in [-0.2, 0) is 11.3 Å². The van der Waals surface area contributed by atoms with E-state index in [1.54, 1.807) is 24.2 Å². The van der Waals surface area contributed by atoms with Crippen LogP contribution in [0.1, 0.15) is 51.9 Å². The van der Waals surface area contributed by atoms with Crippen LogP contribution in [0.15, 0.2) is 71.9 Å². The van der Waals surface area contributed by atoms with Crippen molar-refractivity contribution in [2.75, 3.05) is 17.7 Å². The maximum absolute atomic E-state index is 13.8. The summed E-state index contributed by atoms with van der Waals surface area (Å²) in [5.74, 6) is 1.50. The van der Waals surface area contributed by atoms with Gasteiger partial charge in [0, 0.05) is 33.6 Å². The number of nitrogens with zero attached hydrogens (tertiary/aromatic N) is 2. The lowest BCUT2D eigenvalue weighted by molar-refractivity contribution is -0.122. The maximum atomic E-state index is 13.8. The second-order valence-corrected chi connectivity index (χ2v) is 11.5. The highest BCUT2D eigenvalue weighted by molar-refractivity contribution is 8.00. The molecule has 1 amide bonds. The molecule has 4 aromatic rings. The molecule has 0 aliphatic rings. The lowest BCUT2D eigenvalue weighted by Crippen LogP contribution is -2.33. The average molecular weight is 560 g/mol. The van der Waals surface area contributed by atoms with Gasteiger partial charge in [0.2, 0.25) is 5.91 Å². The van der Waals surface area contributed by atoms with Gasteiger partial charge in [-0.05, 0) is 80.3 Å². The van der Waals surface area contributed by atoms with Crippen molar-refractivity contribution in [1.29, 1.82) is 0 Å². The largest absolute Gasteiger partial charge is 0.490 e. The van der Waals surface area contributed by atoms with Gasteiger partial charge in [0.05, 0.1) is 24.9 Å². The molecule has 0 spiro atoms. The normalized spacial score (nSPS) is 12.0. The third-order valence-corrected chi connectivity index (χ3v) is 7.07. The Kier molecular flexibility index (Phi) is 9.71. The Bertz CT molecular complexity index is 1460. The van der Waals surface area contributed by atoms with Gasteiger partial charge in [-0.25, -0.2) is 4.98 Å². The number of pyridine rings is 2. The summed E-state index contributed by atoms with van der Waals surface area (Å²) in [6, 6.07) is 16.5. The summed E-state index contributed by atoms with van der Waals surface area (Å²) >= 11 is 1.72. The van der Waals surface area contributed by atoms with Gasteiger partial charge in [-0.3, -0.25) is 9.78 Å². The van der Waals surface area contributed by atoms with Gasteiger partial charge in [-0.2, -0.15) is 0 Å². The minimum absolute atomic E-state index is 0.0157. The standard InChI is InChI=1S/C31H37N5O3S/c1-6-38-27-17-22(9-12-26(27)39-19(2)3)29(36-23-10-11-24-21(16-23)13-15-34-30(24)32)31(37)35-18-25-28(40-20(4)5)8-7-14-33-25/h7-17,19-20,29,36H,6,18H2,1-5H3,(H2,32,34)(H,35,37). The van der Waals surface area contributed by atoms with E-state index in [0.29, 0.717) is 35.7 Å². The summed E-state index contributed by atoms with van der Waals surface area (Å²) in [6.07, 6.45) is 3.41. The molecule has 2 aromatic heterocycles. The van der Waals surface area contributed by atoms with Crippen LogP contribution in [0.4, 0.5) is 11.5 Å². The third kappa shape index (κ3) is 7.35. The molecule has 0 fully saturated rings. The lowest BCUT2D eigenvalue weighted by atomic mass is 10.0. The van der Waals surface area contributed by atoms with E-state index in [1.807, 2.05) is 75.4 Å². The first-order valence-electron chi connectivity index (χ1n) is 13.5. The van der Waals surface area contributed by atoms with Crippen molar-refractivity contribution in [2.24, 2.45) is 0 Å². The van der Waals surface area contributed by atoms with Crippen LogP contribution in [0, 0.1) is 0 Å². The fourth-order valence-corrected chi connectivity index (χ4v) is 5.20. The van der Waals surface area contributed by atoms with Crippen molar-refractivity contribution >= 4 is 39.9 Å². The zero-order valence-electron chi connectivity index (χ0n) is 23.6. The highest BCUT2D eigenvalue weighted by Gasteiger charge is 2.23. The summed E-state index contributed by atoms with van der Waals surface area (Å²) in [5, 5.41) is 8.70. The van der Waals surface area contributed by atoms with Gasteiger partial charge in [-0.15, -0.1) is 11.8 Å². The van der Waals surface area contributed by atoms with Gasteiger partial charge in [0.25, 0.3) is 0 Å². The molecule has 2 heterocycles. The number of carbonyl (C=O) groups is 1. The molecule has 4 N–H and O–H groups in total. The Hall–Kier alpha value is -3.98. The van der Waals surface area contributed by atoms with Crippen LogP contribution >= 0.6 is 11.8 Å². The maximum Gasteiger partial charge on any atom is 0.247 e. The topological polar surface area (TPSA) is 111 Å². The minimum Gasteiger partial charge on any atom is -0.490 e. The van der Waals surface area contributed by atoms with Crippen LogP contribution in [0.3, 0.4) is 0 Å². The number of nitrogens with one attached hydrogen (secondary N) is 2.